The van der Waals surface area contributed by atoms with Crippen LogP contribution in [0.25, 0.3) is 21.7 Å². The van der Waals surface area contributed by atoms with Crippen molar-refractivity contribution < 1.29 is 28.8 Å². The van der Waals surface area contributed by atoms with Crippen molar-refractivity contribution in [2.75, 3.05) is 21.3 Å². The molecular formula is C25H21NO6S. The maximum Gasteiger partial charge on any atom is 0.336 e. The molecule has 4 rings (SSSR count). The normalized spacial score (nSPS) is 11.3. The zero-order valence-corrected chi connectivity index (χ0v) is 19.0. The molecule has 2 aromatic carbocycles. The Morgan fingerprint density at radius 3 is 2.15 bits per heavy atom. The lowest BCUT2D eigenvalue weighted by molar-refractivity contribution is -0.130. The molecule has 0 aliphatic carbocycles. The number of hydrogen-bond donors (Lipinski definition) is 1. The molecular weight excluding hydrogens is 442 g/mol. The Balaban J connectivity index is 1.91. The van der Waals surface area contributed by atoms with E-state index in [1.54, 1.807) is 76.2 Å². The number of methoxy groups -OCH3 is 3. The second kappa shape index (κ2) is 9.62. The van der Waals surface area contributed by atoms with Crippen LogP contribution in [-0.4, -0.2) is 37.4 Å². The smallest absolute Gasteiger partial charge is 0.336 e. The standard InChI is InChI=1S/C25H21NO6S/c1-29-16-4-6-17(7-5-16)32-24-19-12-20(30-2)21(31-3)14-22(19)33-23(24)13-18(25(27)28)15-8-10-26-11-9-15/h4-14H,1-3H3,(H,27,28)/b18-13+. The lowest BCUT2D eigenvalue weighted by atomic mass is 10.1. The molecule has 33 heavy (non-hydrogen) atoms. The molecule has 2 heterocycles. The van der Waals surface area contributed by atoms with Crippen molar-refractivity contribution in [3.63, 3.8) is 0 Å². The van der Waals surface area contributed by atoms with E-state index in [4.69, 9.17) is 18.9 Å². The number of thiophene rings is 1. The Hall–Kier alpha value is -4.04. The molecule has 0 saturated heterocycles. The van der Waals surface area contributed by atoms with Gasteiger partial charge in [0.2, 0.25) is 0 Å². The van der Waals surface area contributed by atoms with Gasteiger partial charge in [-0.15, -0.1) is 11.3 Å². The van der Waals surface area contributed by atoms with Crippen LogP contribution in [0.4, 0.5) is 0 Å². The molecule has 4 aromatic rings. The fourth-order valence-electron chi connectivity index (χ4n) is 3.31. The second-order valence-corrected chi connectivity index (χ2v) is 7.96. The first kappa shape index (κ1) is 22.2. The summed E-state index contributed by atoms with van der Waals surface area (Å²) in [7, 11) is 4.73. The van der Waals surface area contributed by atoms with Gasteiger partial charge in [-0.2, -0.15) is 0 Å². The van der Waals surface area contributed by atoms with Gasteiger partial charge in [0.15, 0.2) is 17.2 Å². The summed E-state index contributed by atoms with van der Waals surface area (Å²) in [5, 5.41) is 10.7. The molecule has 0 radical (unpaired) electrons. The number of carbonyl (C=O) groups is 1. The van der Waals surface area contributed by atoms with Gasteiger partial charge in [-0.25, -0.2) is 4.79 Å². The number of benzene rings is 2. The van der Waals surface area contributed by atoms with Crippen LogP contribution in [0, 0.1) is 0 Å². The fraction of sp³-hybridized carbons (Fsp3) is 0.120. The van der Waals surface area contributed by atoms with Gasteiger partial charge in [-0.1, -0.05) is 0 Å². The number of carboxylic acid groups (broad SMARTS) is 1. The number of pyridine rings is 1. The summed E-state index contributed by atoms with van der Waals surface area (Å²) < 4.78 is 23.2. The van der Waals surface area contributed by atoms with Gasteiger partial charge in [0.25, 0.3) is 0 Å². The van der Waals surface area contributed by atoms with Gasteiger partial charge in [0.1, 0.15) is 11.5 Å². The number of carboxylic acids is 1. The van der Waals surface area contributed by atoms with Crippen LogP contribution in [0.1, 0.15) is 10.4 Å². The summed E-state index contributed by atoms with van der Waals surface area (Å²) >= 11 is 1.40. The lowest BCUT2D eigenvalue weighted by Crippen LogP contribution is -1.99. The van der Waals surface area contributed by atoms with Crippen LogP contribution in [0.15, 0.2) is 60.9 Å². The van der Waals surface area contributed by atoms with E-state index in [1.165, 1.54) is 11.3 Å². The number of nitrogens with zero attached hydrogens (tertiary/aromatic N) is 1. The molecule has 0 aliphatic rings. The Morgan fingerprint density at radius 1 is 0.909 bits per heavy atom. The molecule has 7 nitrogen and oxygen atoms in total. The van der Waals surface area contributed by atoms with E-state index in [2.05, 4.69) is 4.98 Å². The summed E-state index contributed by atoms with van der Waals surface area (Å²) in [5.41, 5.74) is 0.669. The third-order valence-corrected chi connectivity index (χ3v) is 6.03. The van der Waals surface area contributed by atoms with Gasteiger partial charge in [0.05, 0.1) is 31.8 Å². The molecule has 0 aliphatic heterocycles. The van der Waals surface area contributed by atoms with E-state index in [0.717, 1.165) is 10.1 Å². The van der Waals surface area contributed by atoms with E-state index in [0.29, 0.717) is 39.2 Å². The van der Waals surface area contributed by atoms with Gasteiger partial charge in [-0.3, -0.25) is 4.98 Å². The van der Waals surface area contributed by atoms with Crippen LogP contribution >= 0.6 is 11.3 Å². The highest BCUT2D eigenvalue weighted by Gasteiger charge is 2.20. The molecule has 0 fully saturated rings. The molecule has 0 saturated carbocycles. The number of rotatable bonds is 8. The monoisotopic (exact) mass is 463 g/mol. The van der Waals surface area contributed by atoms with E-state index < -0.39 is 5.97 Å². The zero-order chi connectivity index (χ0) is 23.4. The molecule has 168 valence electrons. The van der Waals surface area contributed by atoms with Crippen molar-refractivity contribution in [2.45, 2.75) is 0 Å². The molecule has 2 aromatic heterocycles. The Bertz CT molecular complexity index is 1310. The minimum Gasteiger partial charge on any atom is -0.497 e. The van der Waals surface area contributed by atoms with Crippen molar-refractivity contribution in [3.05, 3.63) is 71.4 Å². The van der Waals surface area contributed by atoms with Gasteiger partial charge in [-0.05, 0) is 54.1 Å². The van der Waals surface area contributed by atoms with E-state index in [1.807, 2.05) is 12.1 Å². The van der Waals surface area contributed by atoms with Crippen LogP contribution in [0.5, 0.6) is 28.7 Å². The summed E-state index contributed by atoms with van der Waals surface area (Å²) in [5.74, 6) is 1.88. The summed E-state index contributed by atoms with van der Waals surface area (Å²) in [4.78, 5) is 16.7. The Kier molecular flexibility index (Phi) is 6.46. The summed E-state index contributed by atoms with van der Waals surface area (Å²) in [6, 6.07) is 14.2. The number of hydrogen-bond acceptors (Lipinski definition) is 7. The number of aliphatic carboxylic acids is 1. The second-order valence-electron chi connectivity index (χ2n) is 6.88. The topological polar surface area (TPSA) is 87.1 Å². The van der Waals surface area contributed by atoms with Gasteiger partial charge >= 0.3 is 5.97 Å². The Morgan fingerprint density at radius 2 is 1.55 bits per heavy atom. The third kappa shape index (κ3) is 4.61. The molecule has 0 spiro atoms. The fourth-order valence-corrected chi connectivity index (χ4v) is 4.40. The van der Waals surface area contributed by atoms with Crippen molar-refractivity contribution in [3.8, 4) is 28.7 Å². The van der Waals surface area contributed by atoms with E-state index in [9.17, 15) is 9.90 Å². The summed E-state index contributed by atoms with van der Waals surface area (Å²) in [6.45, 7) is 0. The van der Waals surface area contributed by atoms with Crippen molar-refractivity contribution in [1.29, 1.82) is 0 Å². The van der Waals surface area contributed by atoms with E-state index >= 15 is 0 Å². The highest BCUT2D eigenvalue weighted by molar-refractivity contribution is 7.20. The SMILES string of the molecule is COc1ccc(Oc2c(/C=C(/C(=O)O)c3ccncc3)sc3cc(OC)c(OC)cc23)cc1. The molecule has 0 amide bonds. The van der Waals surface area contributed by atoms with Crippen molar-refractivity contribution >= 4 is 39.0 Å². The largest absolute Gasteiger partial charge is 0.497 e. The molecule has 1 N–H and O–H groups in total. The number of aromatic nitrogens is 1. The van der Waals surface area contributed by atoms with E-state index in [-0.39, 0.29) is 5.57 Å². The van der Waals surface area contributed by atoms with Gasteiger partial charge in [0, 0.05) is 28.5 Å². The first-order valence-corrected chi connectivity index (χ1v) is 10.7. The predicted molar refractivity (Wildman–Crippen MR) is 128 cm³/mol. The van der Waals surface area contributed by atoms with Crippen LogP contribution in [-0.2, 0) is 4.79 Å². The highest BCUT2D eigenvalue weighted by atomic mass is 32.1. The Labute approximate surface area is 194 Å². The highest BCUT2D eigenvalue weighted by Crippen LogP contribution is 2.46. The molecule has 8 heteroatoms. The van der Waals surface area contributed by atoms with Crippen molar-refractivity contribution in [1.82, 2.24) is 4.98 Å². The van der Waals surface area contributed by atoms with Crippen LogP contribution < -0.4 is 18.9 Å². The maximum absolute atomic E-state index is 12.1. The molecule has 0 atom stereocenters. The summed E-state index contributed by atoms with van der Waals surface area (Å²) in [6.07, 6.45) is 4.73. The van der Waals surface area contributed by atoms with Gasteiger partial charge < -0.3 is 24.1 Å². The minimum absolute atomic E-state index is 0.127. The zero-order valence-electron chi connectivity index (χ0n) is 18.2. The van der Waals surface area contributed by atoms with Crippen LogP contribution in [0.3, 0.4) is 0 Å². The maximum atomic E-state index is 12.1. The average Bonchev–Trinajstić information content (AvgIpc) is 3.18. The van der Waals surface area contributed by atoms with Crippen LogP contribution in [0.2, 0.25) is 0 Å². The van der Waals surface area contributed by atoms with Crippen molar-refractivity contribution in [2.24, 2.45) is 0 Å². The first-order chi connectivity index (χ1) is 16.0. The average molecular weight is 464 g/mol. The molecule has 0 bridgehead atoms. The number of fused-ring (bicyclic) bond motifs is 1. The number of ether oxygens (including phenoxy) is 4. The predicted octanol–water partition coefficient (Wildman–Crippen LogP) is 5.74. The first-order valence-electron chi connectivity index (χ1n) is 9.90. The lowest BCUT2D eigenvalue weighted by Gasteiger charge is -2.10. The minimum atomic E-state index is -1.05. The third-order valence-electron chi connectivity index (χ3n) is 4.95. The quantitative estimate of drug-likeness (QED) is 0.333. The molecule has 0 unspecified atom stereocenters.